The molecular formula is C92H132N6O14Si3. The van der Waals surface area contributed by atoms with Crippen molar-refractivity contribution < 1.29 is 65.9 Å². The van der Waals surface area contributed by atoms with E-state index in [1.807, 2.05) is 68.4 Å². The standard InChI is InChI=1S/C49H73N3O7Si2.C43H59N3O7Si/c1-33(2)61(14,34(3)4)58-27-20-19-21-37-31-52(26-28-56-37)47(50-9)43(29-36-30-44(59-60(12,13)49(6,7)8)46(55-11)35(5)45(36)54-10)51-48(53)57-32-42-40-24-17-15-22-38(40)39-23-16-18-25-41(39)42;1-28(2)54(9,29(3)4)53-22-15-14-16-32-26-46(21-23-51-32)42(44-6)38(24-31-25-39(47)41(50-8)30(5)40(31)49-7)45-43(48)52-27-37-35-19-12-10-17-33(35)34-18-11-13-20-36(34)37/h15-18,22-25,30,33-34,37,42-43,47H,19-21,26-29,31-32H2,1-8,10-14H3,(H,51,53);10-13,17-20,25,28-29,32,37-38,42,47H,14-16,21-24,26-27H2,1-5,7-9H3,(H,45,48)/t37-,43-,47-;32-,38-,42-/m00/s1. The van der Waals surface area contributed by atoms with Gasteiger partial charge in [0.25, 0.3) is 20.6 Å². The van der Waals surface area contributed by atoms with E-state index in [9.17, 15) is 14.7 Å². The molecule has 10 rings (SSSR count). The highest BCUT2D eigenvalue weighted by molar-refractivity contribution is 6.75. The molecule has 2 saturated heterocycles. The third-order valence-electron chi connectivity index (χ3n) is 25.5. The fourth-order valence-electron chi connectivity index (χ4n) is 16.8. The van der Waals surface area contributed by atoms with Crippen LogP contribution < -0.4 is 34.0 Å². The Labute approximate surface area is 690 Å². The number of methoxy groups -OCH3 is 4. The largest absolute Gasteiger partial charge is 0.541 e. The first-order chi connectivity index (χ1) is 54.8. The van der Waals surface area contributed by atoms with Gasteiger partial charge in [-0.05, 0) is 162 Å². The van der Waals surface area contributed by atoms with Crippen molar-refractivity contribution in [2.24, 2.45) is 0 Å². The van der Waals surface area contributed by atoms with Crippen LogP contribution in [0.5, 0.6) is 34.5 Å². The molecule has 2 aliphatic carbocycles. The number of alkyl carbamates (subject to hydrolysis) is 2. The number of morpholine rings is 2. The highest BCUT2D eigenvalue weighted by Crippen LogP contribution is 2.49. The summed E-state index contributed by atoms with van der Waals surface area (Å²) in [5.41, 5.74) is 14.3. The molecule has 115 heavy (non-hydrogen) atoms. The second kappa shape index (κ2) is 41.0. The molecule has 20 nitrogen and oxygen atoms in total. The van der Waals surface area contributed by atoms with Crippen molar-refractivity contribution in [3.8, 4) is 56.8 Å². The van der Waals surface area contributed by atoms with Gasteiger partial charge in [-0.25, -0.2) is 32.5 Å². The maximum Gasteiger partial charge on any atom is 0.407 e. The van der Waals surface area contributed by atoms with Crippen LogP contribution in [0.15, 0.2) is 109 Å². The molecule has 0 saturated carbocycles. The number of phenols is 1. The van der Waals surface area contributed by atoms with E-state index < -0.39 is 61.6 Å². The van der Waals surface area contributed by atoms with Gasteiger partial charge in [0.15, 0.2) is 33.9 Å². The molecule has 0 aromatic heterocycles. The molecule has 6 aromatic carbocycles. The summed E-state index contributed by atoms with van der Waals surface area (Å²) in [5.74, 6) is 2.52. The minimum atomic E-state index is -2.29. The SMILES string of the molecule is [C-]#[N+][C@H]([C@H](Cc1cc(O)c(OC)c(C)c1OC)NC(=O)OCC1c2ccccc2-c2ccccc21)N1CCO[C@@H](CCCCO[Si](C)(C(C)C)C(C)C)C1.[C-]#[N+][C@H]([C@H](Cc1cc(O[Si](C)(C)C(C)(C)C)c(OC)c(C)c1OC)NC(=O)OCC1c2ccccc2-c2ccccc21)N1CCO[C@@H](CCCCO[Si](C)(C(C)C)C(C)C)C1. The quantitative estimate of drug-likeness (QED) is 0.0191. The zero-order valence-electron chi connectivity index (χ0n) is 72.6. The van der Waals surface area contributed by atoms with Crippen LogP contribution in [0.25, 0.3) is 31.9 Å². The number of aromatic hydroxyl groups is 1. The maximum atomic E-state index is 14.1. The van der Waals surface area contributed by atoms with Gasteiger partial charge in [-0.3, -0.25) is 9.69 Å². The first-order valence-electron chi connectivity index (χ1n) is 41.6. The average molecular weight is 1630 g/mol. The van der Waals surface area contributed by atoms with Crippen LogP contribution in [0.2, 0.25) is 53.4 Å². The second-order valence-corrected chi connectivity index (χ2v) is 49.3. The molecular weight excluding hydrogens is 1500 g/mol. The molecule has 626 valence electrons. The third-order valence-corrected chi connectivity index (χ3v) is 40.7. The lowest BCUT2D eigenvalue weighted by atomic mass is 9.98. The van der Waals surface area contributed by atoms with Crippen LogP contribution in [0.4, 0.5) is 9.59 Å². The predicted octanol–water partition coefficient (Wildman–Crippen LogP) is 20.1. The predicted molar refractivity (Wildman–Crippen MR) is 466 cm³/mol. The summed E-state index contributed by atoms with van der Waals surface area (Å²) in [5, 5.41) is 17.1. The summed E-state index contributed by atoms with van der Waals surface area (Å²) in [4.78, 5) is 40.4. The minimum Gasteiger partial charge on any atom is -0.541 e. The number of hydrogen-bond acceptors (Lipinski definition) is 16. The van der Waals surface area contributed by atoms with Crippen LogP contribution >= 0.6 is 0 Å². The number of amides is 2. The molecule has 2 fully saturated rings. The fraction of sp³-hybridized carbons (Fsp3) is 0.565. The van der Waals surface area contributed by atoms with E-state index >= 15 is 0 Å². The van der Waals surface area contributed by atoms with Gasteiger partial charge < -0.3 is 66.9 Å². The van der Waals surface area contributed by atoms with E-state index in [2.05, 4.69) is 181 Å². The third kappa shape index (κ3) is 21.7. The monoisotopic (exact) mass is 1630 g/mol. The molecule has 4 aliphatic rings. The molecule has 2 heterocycles. The second-order valence-electron chi connectivity index (χ2n) is 34.6. The Morgan fingerprint density at radius 1 is 0.530 bits per heavy atom. The zero-order valence-corrected chi connectivity index (χ0v) is 75.6. The minimum absolute atomic E-state index is 0.0331. The summed E-state index contributed by atoms with van der Waals surface area (Å²) in [6, 6.07) is 35.3. The van der Waals surface area contributed by atoms with Gasteiger partial charge in [-0.1, -0.05) is 173 Å². The Balaban J connectivity index is 0.000000265. The van der Waals surface area contributed by atoms with Crippen molar-refractivity contribution in [1.29, 1.82) is 0 Å². The Morgan fingerprint density at radius 2 is 0.878 bits per heavy atom. The first-order valence-corrected chi connectivity index (χ1v) is 49.6. The van der Waals surface area contributed by atoms with E-state index in [0.29, 0.717) is 108 Å². The summed E-state index contributed by atoms with van der Waals surface area (Å²) in [6.07, 6.45) is 3.44. The highest BCUT2D eigenvalue weighted by atomic mass is 28.4. The molecule has 0 radical (unpaired) electrons. The van der Waals surface area contributed by atoms with Gasteiger partial charge >= 0.3 is 12.2 Å². The van der Waals surface area contributed by atoms with Gasteiger partial charge in [-0.2, -0.15) is 0 Å². The number of phenolic OH excluding ortho intramolecular Hbond substituents is 1. The summed E-state index contributed by atoms with van der Waals surface area (Å²) in [6.45, 7) is 59.9. The number of fused-ring (bicyclic) bond motifs is 6. The van der Waals surface area contributed by atoms with Crippen LogP contribution in [-0.2, 0) is 40.6 Å². The lowest BCUT2D eigenvalue weighted by Gasteiger charge is -2.37. The molecule has 6 aromatic rings. The summed E-state index contributed by atoms with van der Waals surface area (Å²) in [7, 11) is 0.453. The Hall–Kier alpha value is -7.95. The topological polar surface area (TPSA) is 195 Å². The normalized spacial score (nSPS) is 17.1. The Morgan fingerprint density at radius 3 is 1.22 bits per heavy atom. The number of carbonyl (C=O) groups is 2. The van der Waals surface area contributed by atoms with Crippen molar-refractivity contribution in [3.63, 3.8) is 0 Å². The number of rotatable bonds is 36. The number of ether oxygens (including phenoxy) is 8. The lowest BCUT2D eigenvalue weighted by Crippen LogP contribution is -2.56. The molecule has 6 atom stereocenters. The van der Waals surface area contributed by atoms with Crippen molar-refractivity contribution in [2.45, 2.75) is 243 Å². The van der Waals surface area contributed by atoms with Gasteiger partial charge in [0, 0.05) is 86.3 Å². The van der Waals surface area contributed by atoms with Gasteiger partial charge in [0.05, 0.1) is 53.9 Å². The number of unbranched alkanes of at least 4 members (excludes halogenated alkanes) is 2. The van der Waals surface area contributed by atoms with Gasteiger partial charge in [-0.15, -0.1) is 0 Å². The number of nitrogens with one attached hydrogen (secondary N) is 2. The van der Waals surface area contributed by atoms with E-state index in [-0.39, 0.29) is 54.5 Å². The van der Waals surface area contributed by atoms with Crippen LogP contribution in [-0.4, -0.2) is 183 Å². The highest BCUT2D eigenvalue weighted by Gasteiger charge is 2.45. The van der Waals surface area contributed by atoms with Crippen molar-refractivity contribution in [3.05, 3.63) is 177 Å². The van der Waals surface area contributed by atoms with E-state index in [1.54, 1.807) is 27.4 Å². The Bertz CT molecular complexity index is 4200. The molecule has 3 N–H and O–H groups in total. The molecule has 0 spiro atoms. The van der Waals surface area contributed by atoms with Crippen molar-refractivity contribution in [1.82, 2.24) is 20.4 Å². The maximum absolute atomic E-state index is 14.1. The fourth-order valence-corrected chi connectivity index (χ4v) is 22.9. The van der Waals surface area contributed by atoms with Crippen LogP contribution in [0.1, 0.15) is 171 Å². The van der Waals surface area contributed by atoms with E-state index in [4.69, 9.17) is 64.3 Å². The lowest BCUT2D eigenvalue weighted by molar-refractivity contribution is -0.0461. The van der Waals surface area contributed by atoms with E-state index in [0.717, 1.165) is 107 Å². The van der Waals surface area contributed by atoms with E-state index in [1.165, 1.54) is 7.11 Å². The number of carbonyl (C=O) groups excluding carboxylic acids is 2. The van der Waals surface area contributed by atoms with Crippen LogP contribution in [0.3, 0.4) is 0 Å². The average Bonchev–Trinajstić information content (AvgIpc) is 1.68. The van der Waals surface area contributed by atoms with Gasteiger partial charge in [0.2, 0.25) is 0 Å². The van der Waals surface area contributed by atoms with Crippen LogP contribution in [0, 0.1) is 27.0 Å². The van der Waals surface area contributed by atoms with Crippen molar-refractivity contribution >= 4 is 37.1 Å². The summed E-state index contributed by atoms with van der Waals surface area (Å²) < 4.78 is 67.8. The molecule has 0 bridgehead atoms. The number of benzene rings is 6. The van der Waals surface area contributed by atoms with Crippen molar-refractivity contribution in [2.75, 3.05) is 94.3 Å². The van der Waals surface area contributed by atoms with Gasteiger partial charge in [0.1, 0.15) is 42.5 Å². The molecule has 2 amide bonds. The summed E-state index contributed by atoms with van der Waals surface area (Å²) >= 11 is 0. The zero-order chi connectivity index (χ0) is 83.7. The molecule has 0 unspecified atom stereocenters. The molecule has 23 heteroatoms. The number of hydrogen-bond donors (Lipinski definition) is 3. The first kappa shape index (κ1) is 91.0. The Kier molecular flexibility index (Phi) is 32.4. The smallest absolute Gasteiger partial charge is 0.407 e. The number of nitrogens with zero attached hydrogens (tertiary/aromatic N) is 4. The molecule has 2 aliphatic heterocycles.